The first-order valence-corrected chi connectivity index (χ1v) is 10.3. The maximum absolute atomic E-state index is 12.8. The number of ether oxygens (including phenoxy) is 1. The largest absolute Gasteiger partial charge is 0.497 e. The number of benzene rings is 1. The number of nitrogens with zero attached hydrogens (tertiary/aromatic N) is 3. The summed E-state index contributed by atoms with van der Waals surface area (Å²) in [6, 6.07) is 11.4. The summed E-state index contributed by atoms with van der Waals surface area (Å²) in [4.78, 5) is 16.1. The Kier molecular flexibility index (Phi) is 5.54. The summed E-state index contributed by atoms with van der Waals surface area (Å²) in [6.07, 6.45) is 1.67. The molecule has 1 saturated heterocycles. The SMILES string of the molecule is COc1ccc(C(=O)C2CCN(C(C)c3nnc(-c4cccs4)o3)CC2)cc1. The van der Waals surface area contributed by atoms with Gasteiger partial charge in [0.1, 0.15) is 5.75 Å². The van der Waals surface area contributed by atoms with Gasteiger partial charge in [0.2, 0.25) is 5.89 Å². The zero-order chi connectivity index (χ0) is 19.5. The molecular weight excluding hydrogens is 374 g/mol. The second-order valence-electron chi connectivity index (χ2n) is 7.00. The van der Waals surface area contributed by atoms with E-state index >= 15 is 0 Å². The van der Waals surface area contributed by atoms with E-state index < -0.39 is 0 Å². The highest BCUT2D eigenvalue weighted by atomic mass is 32.1. The monoisotopic (exact) mass is 397 g/mol. The average molecular weight is 398 g/mol. The first-order chi connectivity index (χ1) is 13.7. The molecule has 1 atom stereocenters. The number of Topliss-reactive ketones (excluding diaryl/α,β-unsaturated/α-hetero) is 1. The molecule has 1 fully saturated rings. The fraction of sp³-hybridized carbons (Fsp3) is 0.381. The molecule has 1 aromatic carbocycles. The van der Waals surface area contributed by atoms with Gasteiger partial charge in [0.15, 0.2) is 5.78 Å². The summed E-state index contributed by atoms with van der Waals surface area (Å²) < 4.78 is 11.0. The van der Waals surface area contributed by atoms with Crippen molar-refractivity contribution in [3.05, 3.63) is 53.2 Å². The van der Waals surface area contributed by atoms with Crippen molar-refractivity contribution in [3.8, 4) is 16.5 Å². The molecule has 0 bridgehead atoms. The molecule has 1 aliphatic heterocycles. The summed E-state index contributed by atoms with van der Waals surface area (Å²) in [7, 11) is 1.63. The lowest BCUT2D eigenvalue weighted by Crippen LogP contribution is -2.38. The minimum absolute atomic E-state index is 0.0400. The Morgan fingerprint density at radius 2 is 1.96 bits per heavy atom. The van der Waals surface area contributed by atoms with Crippen LogP contribution < -0.4 is 4.74 Å². The standard InChI is InChI=1S/C21H23N3O3S/c1-14(20-22-23-21(27-20)18-4-3-13-28-18)24-11-9-16(10-12-24)19(25)15-5-7-17(26-2)8-6-15/h3-8,13-14,16H,9-12H2,1-2H3. The third-order valence-corrected chi connectivity index (χ3v) is 6.21. The maximum Gasteiger partial charge on any atom is 0.257 e. The third-order valence-electron chi connectivity index (χ3n) is 5.35. The number of aromatic nitrogens is 2. The minimum Gasteiger partial charge on any atom is -0.497 e. The van der Waals surface area contributed by atoms with E-state index in [0.717, 1.165) is 42.1 Å². The van der Waals surface area contributed by atoms with Gasteiger partial charge < -0.3 is 9.15 Å². The summed E-state index contributed by atoms with van der Waals surface area (Å²) in [5.74, 6) is 2.24. The number of piperidine rings is 1. The molecule has 0 saturated carbocycles. The van der Waals surface area contributed by atoms with Gasteiger partial charge in [-0.05, 0) is 68.6 Å². The molecule has 28 heavy (non-hydrogen) atoms. The molecule has 7 heteroatoms. The van der Waals surface area contributed by atoms with Crippen molar-refractivity contribution >= 4 is 17.1 Å². The Morgan fingerprint density at radius 1 is 1.21 bits per heavy atom. The van der Waals surface area contributed by atoms with Gasteiger partial charge in [-0.15, -0.1) is 21.5 Å². The van der Waals surface area contributed by atoms with Crippen LogP contribution in [-0.4, -0.2) is 41.1 Å². The van der Waals surface area contributed by atoms with Crippen LogP contribution in [0.5, 0.6) is 5.75 Å². The summed E-state index contributed by atoms with van der Waals surface area (Å²) >= 11 is 1.59. The fourth-order valence-corrected chi connectivity index (χ4v) is 4.24. The first-order valence-electron chi connectivity index (χ1n) is 9.45. The van der Waals surface area contributed by atoms with Crippen molar-refractivity contribution in [1.82, 2.24) is 15.1 Å². The third kappa shape index (κ3) is 3.86. The van der Waals surface area contributed by atoms with Crippen molar-refractivity contribution in [1.29, 1.82) is 0 Å². The molecule has 2 aromatic heterocycles. The zero-order valence-corrected chi connectivity index (χ0v) is 16.8. The molecule has 1 unspecified atom stereocenters. The van der Waals surface area contributed by atoms with Gasteiger partial charge in [-0.3, -0.25) is 9.69 Å². The zero-order valence-electron chi connectivity index (χ0n) is 16.0. The molecule has 1 aliphatic rings. The van der Waals surface area contributed by atoms with E-state index in [1.54, 1.807) is 18.4 Å². The molecule has 3 heterocycles. The summed E-state index contributed by atoms with van der Waals surface area (Å²) in [6.45, 7) is 3.76. The van der Waals surface area contributed by atoms with Gasteiger partial charge in [0, 0.05) is 11.5 Å². The second-order valence-corrected chi connectivity index (χ2v) is 7.95. The van der Waals surface area contributed by atoms with Gasteiger partial charge >= 0.3 is 0 Å². The van der Waals surface area contributed by atoms with Gasteiger partial charge in [0.25, 0.3) is 5.89 Å². The second kappa shape index (κ2) is 8.24. The predicted octanol–water partition coefficient (Wildman–Crippen LogP) is 4.46. The number of hydrogen-bond donors (Lipinski definition) is 0. The number of rotatable bonds is 6. The molecule has 0 spiro atoms. The topological polar surface area (TPSA) is 68.5 Å². The van der Waals surface area contributed by atoms with Crippen LogP contribution in [0, 0.1) is 5.92 Å². The maximum atomic E-state index is 12.8. The van der Waals surface area contributed by atoms with E-state index in [9.17, 15) is 4.79 Å². The van der Waals surface area contributed by atoms with Gasteiger partial charge in [-0.25, -0.2) is 0 Å². The Morgan fingerprint density at radius 3 is 2.61 bits per heavy atom. The number of methoxy groups -OCH3 is 1. The molecule has 3 aromatic rings. The highest BCUT2D eigenvalue weighted by molar-refractivity contribution is 7.13. The molecule has 0 aliphatic carbocycles. The summed E-state index contributed by atoms with van der Waals surface area (Å²) in [5, 5.41) is 10.4. The Bertz CT molecular complexity index is 913. The van der Waals surface area contributed by atoms with Crippen LogP contribution in [-0.2, 0) is 0 Å². The highest BCUT2D eigenvalue weighted by Crippen LogP contribution is 2.30. The van der Waals surface area contributed by atoms with Crippen molar-refractivity contribution in [2.45, 2.75) is 25.8 Å². The van der Waals surface area contributed by atoms with E-state index in [1.807, 2.05) is 41.8 Å². The molecule has 6 nitrogen and oxygen atoms in total. The van der Waals surface area contributed by atoms with Crippen LogP contribution in [0.3, 0.4) is 0 Å². The van der Waals surface area contributed by atoms with Crippen LogP contribution in [0.1, 0.15) is 42.1 Å². The van der Waals surface area contributed by atoms with Crippen LogP contribution in [0.15, 0.2) is 46.2 Å². The van der Waals surface area contributed by atoms with Crippen LogP contribution in [0.4, 0.5) is 0 Å². The smallest absolute Gasteiger partial charge is 0.257 e. The Balaban J connectivity index is 1.36. The molecule has 4 rings (SSSR count). The molecular formula is C21H23N3O3S. The summed E-state index contributed by atoms with van der Waals surface area (Å²) in [5.41, 5.74) is 0.754. The molecule has 0 amide bonds. The Labute approximate surface area is 168 Å². The number of thiophene rings is 1. The Hall–Kier alpha value is -2.51. The minimum atomic E-state index is 0.0400. The van der Waals surface area contributed by atoms with Gasteiger partial charge in [-0.2, -0.15) is 0 Å². The number of carbonyl (C=O) groups excluding carboxylic acids is 1. The van der Waals surface area contributed by atoms with Crippen LogP contribution in [0.25, 0.3) is 10.8 Å². The van der Waals surface area contributed by atoms with Gasteiger partial charge in [-0.1, -0.05) is 6.07 Å². The van der Waals surface area contributed by atoms with E-state index in [1.165, 1.54) is 0 Å². The predicted molar refractivity (Wildman–Crippen MR) is 108 cm³/mol. The lowest BCUT2D eigenvalue weighted by atomic mass is 9.88. The average Bonchev–Trinajstić information content (AvgIpc) is 3.45. The number of ketones is 1. The lowest BCUT2D eigenvalue weighted by molar-refractivity contribution is 0.0782. The van der Waals surface area contributed by atoms with Crippen molar-refractivity contribution in [2.24, 2.45) is 5.92 Å². The van der Waals surface area contributed by atoms with Crippen molar-refractivity contribution in [3.63, 3.8) is 0 Å². The number of likely N-dealkylation sites (tertiary alicyclic amines) is 1. The van der Waals surface area contributed by atoms with Crippen LogP contribution in [0.2, 0.25) is 0 Å². The first kappa shape index (κ1) is 18.8. The number of carbonyl (C=O) groups is 1. The van der Waals surface area contributed by atoms with Crippen molar-refractivity contribution in [2.75, 3.05) is 20.2 Å². The van der Waals surface area contributed by atoms with Gasteiger partial charge in [0.05, 0.1) is 18.0 Å². The quantitative estimate of drug-likeness (QED) is 0.572. The molecule has 0 N–H and O–H groups in total. The van der Waals surface area contributed by atoms with E-state index in [0.29, 0.717) is 11.8 Å². The van der Waals surface area contributed by atoms with Crippen molar-refractivity contribution < 1.29 is 13.9 Å². The fourth-order valence-electron chi connectivity index (χ4n) is 3.60. The van der Waals surface area contributed by atoms with E-state index in [4.69, 9.17) is 9.15 Å². The normalized spacial score (nSPS) is 16.8. The molecule has 146 valence electrons. The highest BCUT2D eigenvalue weighted by Gasteiger charge is 2.30. The van der Waals surface area contributed by atoms with E-state index in [-0.39, 0.29) is 17.7 Å². The van der Waals surface area contributed by atoms with Crippen LogP contribution >= 0.6 is 11.3 Å². The molecule has 0 radical (unpaired) electrons. The lowest BCUT2D eigenvalue weighted by Gasteiger charge is -2.34. The van der Waals surface area contributed by atoms with E-state index in [2.05, 4.69) is 22.0 Å². The number of hydrogen-bond acceptors (Lipinski definition) is 7.